The van der Waals surface area contributed by atoms with Gasteiger partial charge in [0.25, 0.3) is 0 Å². The molecule has 0 fully saturated rings. The summed E-state index contributed by atoms with van der Waals surface area (Å²) in [6, 6.07) is 0. The smallest absolute Gasteiger partial charge is 0.0537 e. The SMILES string of the molecule is CCC(O)CCCC(O)CC. The lowest BCUT2D eigenvalue weighted by atomic mass is 10.1. The van der Waals surface area contributed by atoms with E-state index >= 15 is 0 Å². The highest BCUT2D eigenvalue weighted by Crippen LogP contribution is 2.07. The van der Waals surface area contributed by atoms with E-state index in [1.165, 1.54) is 0 Å². The van der Waals surface area contributed by atoms with Crippen LogP contribution in [-0.4, -0.2) is 22.4 Å². The molecule has 0 aromatic rings. The highest BCUT2D eigenvalue weighted by molar-refractivity contribution is 4.57. The van der Waals surface area contributed by atoms with Gasteiger partial charge in [-0.25, -0.2) is 0 Å². The summed E-state index contributed by atoms with van der Waals surface area (Å²) in [6.07, 6.45) is 3.90. The summed E-state index contributed by atoms with van der Waals surface area (Å²) in [5, 5.41) is 18.3. The van der Waals surface area contributed by atoms with Crippen molar-refractivity contribution in [1.82, 2.24) is 0 Å². The molecule has 0 rings (SSSR count). The van der Waals surface area contributed by atoms with Gasteiger partial charge in [0.05, 0.1) is 12.2 Å². The molecule has 0 heterocycles. The summed E-state index contributed by atoms with van der Waals surface area (Å²) in [5.41, 5.74) is 0. The number of aliphatic hydroxyl groups is 2. The molecule has 0 spiro atoms. The average Bonchev–Trinajstić information content (AvgIpc) is 2.04. The van der Waals surface area contributed by atoms with Crippen molar-refractivity contribution in [2.75, 3.05) is 0 Å². The van der Waals surface area contributed by atoms with Crippen LogP contribution in [0.2, 0.25) is 0 Å². The van der Waals surface area contributed by atoms with Crippen LogP contribution < -0.4 is 0 Å². The van der Waals surface area contributed by atoms with Crippen LogP contribution in [0.5, 0.6) is 0 Å². The second kappa shape index (κ2) is 6.62. The molecular weight excluding hydrogens is 140 g/mol. The molecule has 0 bridgehead atoms. The van der Waals surface area contributed by atoms with E-state index in [1.54, 1.807) is 0 Å². The minimum absolute atomic E-state index is 0.168. The largest absolute Gasteiger partial charge is 0.393 e. The monoisotopic (exact) mass is 160 g/mol. The first-order valence-electron chi connectivity index (χ1n) is 4.56. The van der Waals surface area contributed by atoms with E-state index in [4.69, 9.17) is 10.2 Å². The fraction of sp³-hybridized carbons (Fsp3) is 1.00. The van der Waals surface area contributed by atoms with Gasteiger partial charge in [0.15, 0.2) is 0 Å². The molecule has 0 radical (unpaired) electrons. The molecule has 0 aliphatic heterocycles. The zero-order valence-corrected chi connectivity index (χ0v) is 7.58. The Balaban J connectivity index is 3.13. The number of rotatable bonds is 6. The molecule has 0 aliphatic rings. The Morgan fingerprint density at radius 1 is 0.909 bits per heavy atom. The van der Waals surface area contributed by atoms with Gasteiger partial charge in [0, 0.05) is 0 Å². The first-order valence-corrected chi connectivity index (χ1v) is 4.56. The van der Waals surface area contributed by atoms with Gasteiger partial charge in [-0.05, 0) is 32.1 Å². The maximum atomic E-state index is 9.16. The van der Waals surface area contributed by atoms with E-state index in [0.29, 0.717) is 0 Å². The van der Waals surface area contributed by atoms with Crippen molar-refractivity contribution >= 4 is 0 Å². The Morgan fingerprint density at radius 2 is 1.27 bits per heavy atom. The number of hydrogen-bond donors (Lipinski definition) is 2. The standard InChI is InChI=1S/C9H20O2/c1-3-8(10)6-5-7-9(11)4-2/h8-11H,3-7H2,1-2H3. The van der Waals surface area contributed by atoms with Gasteiger partial charge in [-0.2, -0.15) is 0 Å². The molecular formula is C9H20O2. The second-order valence-electron chi connectivity index (χ2n) is 3.06. The predicted molar refractivity (Wildman–Crippen MR) is 46.4 cm³/mol. The van der Waals surface area contributed by atoms with Crippen LogP contribution in [0.25, 0.3) is 0 Å². The Morgan fingerprint density at radius 3 is 1.55 bits per heavy atom. The van der Waals surface area contributed by atoms with E-state index in [-0.39, 0.29) is 12.2 Å². The normalized spacial score (nSPS) is 16.4. The third-order valence-corrected chi connectivity index (χ3v) is 2.02. The predicted octanol–water partition coefficient (Wildman–Crippen LogP) is 1.70. The van der Waals surface area contributed by atoms with Crippen LogP contribution in [0.3, 0.4) is 0 Å². The van der Waals surface area contributed by atoms with Gasteiger partial charge in [-0.15, -0.1) is 0 Å². The molecule has 11 heavy (non-hydrogen) atoms. The van der Waals surface area contributed by atoms with Gasteiger partial charge >= 0.3 is 0 Å². The minimum Gasteiger partial charge on any atom is -0.393 e. The average molecular weight is 160 g/mol. The number of aliphatic hydroxyl groups excluding tert-OH is 2. The van der Waals surface area contributed by atoms with Crippen LogP contribution in [0.15, 0.2) is 0 Å². The second-order valence-corrected chi connectivity index (χ2v) is 3.06. The summed E-state index contributed by atoms with van der Waals surface area (Å²) < 4.78 is 0. The zero-order valence-electron chi connectivity index (χ0n) is 7.58. The quantitative estimate of drug-likeness (QED) is 0.621. The molecule has 0 saturated carbocycles. The topological polar surface area (TPSA) is 40.5 Å². The molecule has 2 unspecified atom stereocenters. The molecule has 2 atom stereocenters. The maximum absolute atomic E-state index is 9.16. The van der Waals surface area contributed by atoms with E-state index < -0.39 is 0 Å². The third kappa shape index (κ3) is 6.32. The van der Waals surface area contributed by atoms with Crippen molar-refractivity contribution in [2.24, 2.45) is 0 Å². The minimum atomic E-state index is -0.168. The Bertz CT molecular complexity index is 73.6. The van der Waals surface area contributed by atoms with Crippen molar-refractivity contribution < 1.29 is 10.2 Å². The van der Waals surface area contributed by atoms with Crippen molar-refractivity contribution in [3.8, 4) is 0 Å². The van der Waals surface area contributed by atoms with Crippen LogP contribution in [0.1, 0.15) is 46.0 Å². The maximum Gasteiger partial charge on any atom is 0.0537 e. The molecule has 2 N–H and O–H groups in total. The van der Waals surface area contributed by atoms with Crippen LogP contribution in [0, 0.1) is 0 Å². The van der Waals surface area contributed by atoms with Gasteiger partial charge in [-0.1, -0.05) is 13.8 Å². The molecule has 0 aromatic carbocycles. The molecule has 0 aromatic heterocycles. The summed E-state index contributed by atoms with van der Waals surface area (Å²) >= 11 is 0. The Labute approximate surface area is 69.2 Å². The van der Waals surface area contributed by atoms with Gasteiger partial charge in [0.1, 0.15) is 0 Å². The van der Waals surface area contributed by atoms with Gasteiger partial charge in [0.2, 0.25) is 0 Å². The van der Waals surface area contributed by atoms with Crippen molar-refractivity contribution in [2.45, 2.75) is 58.2 Å². The van der Waals surface area contributed by atoms with E-state index in [0.717, 1.165) is 32.1 Å². The zero-order chi connectivity index (χ0) is 8.69. The fourth-order valence-corrected chi connectivity index (χ4v) is 0.997. The Kier molecular flexibility index (Phi) is 6.57. The number of hydrogen-bond acceptors (Lipinski definition) is 2. The highest BCUT2D eigenvalue weighted by atomic mass is 16.3. The summed E-state index contributed by atoms with van der Waals surface area (Å²) in [5.74, 6) is 0. The van der Waals surface area contributed by atoms with Crippen molar-refractivity contribution in [3.63, 3.8) is 0 Å². The summed E-state index contributed by atoms with van der Waals surface area (Å²) in [6.45, 7) is 3.95. The van der Waals surface area contributed by atoms with Gasteiger partial charge in [-0.3, -0.25) is 0 Å². The van der Waals surface area contributed by atoms with Crippen LogP contribution in [0.4, 0.5) is 0 Å². The lowest BCUT2D eigenvalue weighted by molar-refractivity contribution is 0.130. The lowest BCUT2D eigenvalue weighted by Crippen LogP contribution is -2.08. The molecule has 0 saturated heterocycles. The first kappa shape index (κ1) is 10.9. The van der Waals surface area contributed by atoms with E-state index in [1.807, 2.05) is 13.8 Å². The summed E-state index contributed by atoms with van der Waals surface area (Å²) in [4.78, 5) is 0. The van der Waals surface area contributed by atoms with E-state index in [9.17, 15) is 0 Å². The summed E-state index contributed by atoms with van der Waals surface area (Å²) in [7, 11) is 0. The Hall–Kier alpha value is -0.0800. The lowest BCUT2D eigenvalue weighted by Gasteiger charge is -2.09. The van der Waals surface area contributed by atoms with Crippen LogP contribution in [-0.2, 0) is 0 Å². The van der Waals surface area contributed by atoms with Gasteiger partial charge < -0.3 is 10.2 Å². The molecule has 68 valence electrons. The van der Waals surface area contributed by atoms with E-state index in [2.05, 4.69) is 0 Å². The third-order valence-electron chi connectivity index (χ3n) is 2.02. The van der Waals surface area contributed by atoms with Crippen LogP contribution >= 0.6 is 0 Å². The molecule has 0 aliphatic carbocycles. The molecule has 2 nitrogen and oxygen atoms in total. The molecule has 0 amide bonds. The first-order chi connectivity index (χ1) is 5.20. The molecule has 2 heteroatoms. The fourth-order valence-electron chi connectivity index (χ4n) is 0.997. The van der Waals surface area contributed by atoms with Crippen molar-refractivity contribution in [1.29, 1.82) is 0 Å². The highest BCUT2D eigenvalue weighted by Gasteiger charge is 2.03. The van der Waals surface area contributed by atoms with Crippen molar-refractivity contribution in [3.05, 3.63) is 0 Å².